The molecule has 0 saturated carbocycles. The van der Waals surface area contributed by atoms with Crippen molar-refractivity contribution in [2.75, 3.05) is 26.7 Å². The first-order chi connectivity index (χ1) is 8.71. The number of nitrogens with zero attached hydrogens (tertiary/aromatic N) is 1. The summed E-state index contributed by atoms with van der Waals surface area (Å²) in [6, 6.07) is 0.252. The Morgan fingerprint density at radius 1 is 1.32 bits per heavy atom. The number of likely N-dealkylation sites (N-methyl/N-ethyl adjacent to an activating group) is 1. The normalized spacial score (nSPS) is 14.9. The second kappa shape index (κ2) is 8.38. The van der Waals surface area contributed by atoms with Crippen molar-refractivity contribution in [3.63, 3.8) is 0 Å². The van der Waals surface area contributed by atoms with Gasteiger partial charge < -0.3 is 19.7 Å². The molecule has 0 fully saturated rings. The molecule has 0 aromatic carbocycles. The van der Waals surface area contributed by atoms with Gasteiger partial charge in [0.15, 0.2) is 0 Å². The lowest BCUT2D eigenvalue weighted by Crippen LogP contribution is -2.44. The molecule has 0 aliphatic heterocycles. The molecule has 114 valence electrons. The van der Waals surface area contributed by atoms with Crippen molar-refractivity contribution in [1.29, 1.82) is 0 Å². The monoisotopic (exact) mass is 274 g/mol. The van der Waals surface area contributed by atoms with E-state index in [0.29, 0.717) is 13.1 Å². The van der Waals surface area contributed by atoms with Crippen LogP contribution in [0.15, 0.2) is 0 Å². The van der Waals surface area contributed by atoms with E-state index in [9.17, 15) is 4.79 Å². The van der Waals surface area contributed by atoms with Gasteiger partial charge in [-0.2, -0.15) is 0 Å². The van der Waals surface area contributed by atoms with Crippen LogP contribution in [0.2, 0.25) is 0 Å². The molecule has 0 rings (SSSR count). The molecular weight excluding hydrogens is 244 g/mol. The second-order valence-electron chi connectivity index (χ2n) is 5.74. The summed E-state index contributed by atoms with van der Waals surface area (Å²) in [4.78, 5) is 13.6. The molecule has 1 N–H and O–H groups in total. The number of hydrogen-bond donors (Lipinski definition) is 1. The van der Waals surface area contributed by atoms with Crippen LogP contribution < -0.4 is 5.32 Å². The topological polar surface area (TPSA) is 50.8 Å². The molecule has 0 aliphatic carbocycles. The van der Waals surface area contributed by atoms with E-state index in [1.54, 1.807) is 12.0 Å². The van der Waals surface area contributed by atoms with Gasteiger partial charge in [-0.15, -0.1) is 0 Å². The highest BCUT2D eigenvalue weighted by Crippen LogP contribution is 2.09. The Morgan fingerprint density at radius 2 is 1.89 bits per heavy atom. The quantitative estimate of drug-likeness (QED) is 0.773. The fourth-order valence-electron chi connectivity index (χ4n) is 1.50. The van der Waals surface area contributed by atoms with Crippen molar-refractivity contribution in [3.05, 3.63) is 0 Å². The molecule has 0 aliphatic rings. The van der Waals surface area contributed by atoms with Crippen LogP contribution >= 0.6 is 0 Å². The van der Waals surface area contributed by atoms with E-state index in [1.807, 2.05) is 34.6 Å². The summed E-state index contributed by atoms with van der Waals surface area (Å²) in [6.07, 6.45) is -0.110. The van der Waals surface area contributed by atoms with Crippen molar-refractivity contribution in [1.82, 2.24) is 10.2 Å². The fraction of sp³-hybridized carbons (Fsp3) is 0.929. The highest BCUT2D eigenvalue weighted by molar-refractivity contribution is 5.68. The van der Waals surface area contributed by atoms with E-state index in [0.717, 1.165) is 6.54 Å². The van der Waals surface area contributed by atoms with Crippen LogP contribution in [0.4, 0.5) is 4.79 Å². The second-order valence-corrected chi connectivity index (χ2v) is 5.74. The van der Waals surface area contributed by atoms with E-state index in [4.69, 9.17) is 9.47 Å². The maximum atomic E-state index is 11.9. The number of hydrogen-bond acceptors (Lipinski definition) is 4. The zero-order valence-electron chi connectivity index (χ0n) is 13.4. The zero-order valence-corrected chi connectivity index (χ0v) is 13.4. The smallest absolute Gasteiger partial charge is 0.410 e. The summed E-state index contributed by atoms with van der Waals surface area (Å²) < 4.78 is 10.6. The minimum Gasteiger partial charge on any atom is -0.444 e. The predicted molar refractivity (Wildman–Crippen MR) is 77.4 cm³/mol. The first-order valence-corrected chi connectivity index (χ1v) is 6.95. The number of amides is 1. The summed E-state index contributed by atoms with van der Waals surface area (Å²) in [7, 11) is 1.70. The molecule has 0 heterocycles. The molecule has 0 bridgehead atoms. The van der Waals surface area contributed by atoms with Gasteiger partial charge >= 0.3 is 6.09 Å². The highest BCUT2D eigenvalue weighted by atomic mass is 16.6. The fourth-order valence-corrected chi connectivity index (χ4v) is 1.50. The van der Waals surface area contributed by atoms with Crippen molar-refractivity contribution >= 4 is 6.09 Å². The summed E-state index contributed by atoms with van der Waals surface area (Å²) >= 11 is 0. The number of ether oxygens (including phenoxy) is 2. The number of rotatable bonds is 7. The van der Waals surface area contributed by atoms with Gasteiger partial charge in [0.25, 0.3) is 0 Å². The van der Waals surface area contributed by atoms with Gasteiger partial charge in [-0.3, -0.25) is 0 Å². The number of methoxy groups -OCH3 is 1. The molecule has 2 atom stereocenters. The molecule has 1 amide bonds. The Labute approximate surface area is 117 Å². The summed E-state index contributed by atoms with van der Waals surface area (Å²) in [5.41, 5.74) is -0.449. The van der Waals surface area contributed by atoms with Gasteiger partial charge in [0, 0.05) is 32.8 Å². The van der Waals surface area contributed by atoms with Gasteiger partial charge in [-0.1, -0.05) is 0 Å². The molecular formula is C14H30N2O3. The minimum absolute atomic E-state index is 0.150. The van der Waals surface area contributed by atoms with E-state index in [1.165, 1.54) is 0 Å². The maximum absolute atomic E-state index is 11.9. The number of carbonyl (C=O) groups excluding carboxylic acids is 1. The number of carbonyl (C=O) groups is 1. The van der Waals surface area contributed by atoms with Gasteiger partial charge in [0.05, 0.1) is 6.10 Å². The SMILES string of the molecule is CCN(CCNC(C)C(C)OC)C(=O)OC(C)(C)C. The van der Waals surface area contributed by atoms with E-state index >= 15 is 0 Å². The zero-order chi connectivity index (χ0) is 15.1. The molecule has 0 saturated heterocycles. The molecule has 5 nitrogen and oxygen atoms in total. The van der Waals surface area contributed by atoms with Crippen LogP contribution in [0.1, 0.15) is 41.5 Å². The standard InChI is InChI=1S/C14H30N2O3/c1-8-16(13(17)19-14(4,5)6)10-9-15-11(2)12(3)18-7/h11-12,15H,8-10H2,1-7H3. The van der Waals surface area contributed by atoms with E-state index < -0.39 is 5.60 Å². The first-order valence-electron chi connectivity index (χ1n) is 6.95. The van der Waals surface area contributed by atoms with E-state index in [2.05, 4.69) is 12.2 Å². The Kier molecular flexibility index (Phi) is 8.02. The summed E-state index contributed by atoms with van der Waals surface area (Å²) in [5.74, 6) is 0. The third kappa shape index (κ3) is 8.06. The third-order valence-corrected chi connectivity index (χ3v) is 2.96. The van der Waals surface area contributed by atoms with Crippen LogP contribution in [-0.2, 0) is 9.47 Å². The minimum atomic E-state index is -0.449. The van der Waals surface area contributed by atoms with Crippen molar-refractivity contribution in [2.45, 2.75) is 59.3 Å². The molecule has 0 radical (unpaired) electrons. The molecule has 2 unspecified atom stereocenters. The average Bonchev–Trinajstić information content (AvgIpc) is 2.30. The molecule has 5 heteroatoms. The lowest BCUT2D eigenvalue weighted by molar-refractivity contribution is 0.0256. The van der Waals surface area contributed by atoms with Crippen LogP contribution in [0.5, 0.6) is 0 Å². The summed E-state index contributed by atoms with van der Waals surface area (Å²) in [5, 5.41) is 3.34. The average molecular weight is 274 g/mol. The van der Waals surface area contributed by atoms with Gasteiger partial charge in [-0.25, -0.2) is 4.79 Å². The Hall–Kier alpha value is -0.810. The van der Waals surface area contributed by atoms with Crippen LogP contribution in [0, 0.1) is 0 Å². The van der Waals surface area contributed by atoms with E-state index in [-0.39, 0.29) is 18.2 Å². The molecule has 0 spiro atoms. The Bertz CT molecular complexity index is 264. The lowest BCUT2D eigenvalue weighted by atomic mass is 10.2. The third-order valence-electron chi connectivity index (χ3n) is 2.96. The number of nitrogens with one attached hydrogen (secondary N) is 1. The van der Waals surface area contributed by atoms with Gasteiger partial charge in [-0.05, 0) is 41.5 Å². The van der Waals surface area contributed by atoms with Gasteiger partial charge in [0.2, 0.25) is 0 Å². The molecule has 0 aromatic rings. The molecule has 19 heavy (non-hydrogen) atoms. The van der Waals surface area contributed by atoms with Crippen molar-refractivity contribution in [2.24, 2.45) is 0 Å². The largest absolute Gasteiger partial charge is 0.444 e. The maximum Gasteiger partial charge on any atom is 0.410 e. The lowest BCUT2D eigenvalue weighted by Gasteiger charge is -2.27. The van der Waals surface area contributed by atoms with Crippen molar-refractivity contribution < 1.29 is 14.3 Å². The predicted octanol–water partition coefficient (Wildman–Crippen LogP) is 2.26. The van der Waals surface area contributed by atoms with Crippen LogP contribution in [0.3, 0.4) is 0 Å². The first kappa shape index (κ1) is 18.2. The van der Waals surface area contributed by atoms with Crippen LogP contribution in [-0.4, -0.2) is 55.5 Å². The Balaban J connectivity index is 4.10. The van der Waals surface area contributed by atoms with Crippen LogP contribution in [0.25, 0.3) is 0 Å². The van der Waals surface area contributed by atoms with Crippen molar-refractivity contribution in [3.8, 4) is 0 Å². The molecule has 0 aromatic heterocycles. The highest BCUT2D eigenvalue weighted by Gasteiger charge is 2.21. The van der Waals surface area contributed by atoms with Gasteiger partial charge in [0.1, 0.15) is 5.60 Å². The summed E-state index contributed by atoms with van der Waals surface area (Å²) in [6.45, 7) is 13.7. The Morgan fingerprint density at radius 3 is 2.32 bits per heavy atom.